The molecule has 0 aliphatic carbocycles. The van der Waals surface area contributed by atoms with Crippen molar-refractivity contribution < 1.29 is 9.90 Å². The Hall–Kier alpha value is -0.180. The van der Waals surface area contributed by atoms with Crippen LogP contribution >= 0.6 is 11.8 Å². The monoisotopic (exact) mass is 260 g/mol. The predicted molar refractivity (Wildman–Crippen MR) is 76.8 cm³/mol. The number of rotatable bonds is 12. The maximum atomic E-state index is 11.0. The van der Waals surface area contributed by atoms with Crippen molar-refractivity contribution in [2.24, 2.45) is 0 Å². The van der Waals surface area contributed by atoms with Gasteiger partial charge in [0, 0.05) is 0 Å². The van der Waals surface area contributed by atoms with E-state index in [1.807, 2.05) is 0 Å². The number of hydrogen-bond donors (Lipinski definition) is 1. The molecule has 1 atom stereocenters. The number of hydrogen-bond acceptors (Lipinski definition) is 2. The van der Waals surface area contributed by atoms with Gasteiger partial charge in [-0.1, -0.05) is 58.8 Å². The molecule has 1 unspecified atom stereocenters. The third-order valence-electron chi connectivity index (χ3n) is 2.91. The highest BCUT2D eigenvalue weighted by Crippen LogP contribution is 2.20. The smallest absolute Gasteiger partial charge is 0.316 e. The molecule has 2 nitrogen and oxygen atoms in total. The Kier molecular flexibility index (Phi) is 12.2. The minimum Gasteiger partial charge on any atom is -0.480 e. The molecule has 0 aromatic heterocycles. The quantitative estimate of drug-likeness (QED) is 0.516. The van der Waals surface area contributed by atoms with Crippen LogP contribution in [0.4, 0.5) is 0 Å². The van der Waals surface area contributed by atoms with Crippen molar-refractivity contribution in [3.05, 3.63) is 0 Å². The zero-order valence-electron chi connectivity index (χ0n) is 11.4. The van der Waals surface area contributed by atoms with Crippen molar-refractivity contribution in [1.82, 2.24) is 0 Å². The Balaban J connectivity index is 3.44. The Bertz CT molecular complexity index is 183. The maximum absolute atomic E-state index is 11.0. The number of carboxylic acids is 1. The van der Waals surface area contributed by atoms with Gasteiger partial charge in [-0.25, -0.2) is 0 Å². The first-order valence-corrected chi connectivity index (χ1v) is 8.11. The van der Waals surface area contributed by atoms with Gasteiger partial charge in [-0.15, -0.1) is 11.8 Å². The fourth-order valence-electron chi connectivity index (χ4n) is 1.78. The number of carboxylic acid groups (broad SMARTS) is 1. The number of carbonyl (C=O) groups is 1. The maximum Gasteiger partial charge on any atom is 0.316 e. The molecule has 3 heteroatoms. The number of unbranched alkanes of at least 4 members (excludes halogenated alkanes) is 6. The van der Waals surface area contributed by atoms with E-state index in [-0.39, 0.29) is 5.25 Å². The molecule has 0 aromatic carbocycles. The highest BCUT2D eigenvalue weighted by molar-refractivity contribution is 8.00. The lowest BCUT2D eigenvalue weighted by molar-refractivity contribution is -0.136. The fraction of sp³-hybridized carbons (Fsp3) is 0.929. The zero-order chi connectivity index (χ0) is 12.9. The van der Waals surface area contributed by atoms with Crippen LogP contribution in [0.3, 0.4) is 0 Å². The highest BCUT2D eigenvalue weighted by Gasteiger charge is 2.16. The van der Waals surface area contributed by atoms with E-state index in [9.17, 15) is 4.79 Å². The van der Waals surface area contributed by atoms with E-state index in [1.54, 1.807) is 11.8 Å². The van der Waals surface area contributed by atoms with Gasteiger partial charge in [-0.2, -0.15) is 0 Å². The van der Waals surface area contributed by atoms with E-state index in [4.69, 9.17) is 5.11 Å². The van der Waals surface area contributed by atoms with Crippen LogP contribution in [0.2, 0.25) is 0 Å². The van der Waals surface area contributed by atoms with Gasteiger partial charge in [0.1, 0.15) is 5.25 Å². The van der Waals surface area contributed by atoms with Gasteiger partial charge >= 0.3 is 5.97 Å². The first-order chi connectivity index (χ1) is 8.22. The molecular formula is C14H28O2S. The molecule has 0 amide bonds. The molecule has 0 heterocycles. The Labute approximate surface area is 111 Å². The summed E-state index contributed by atoms with van der Waals surface area (Å²) < 4.78 is 0. The molecule has 0 fully saturated rings. The van der Waals surface area contributed by atoms with Crippen LogP contribution in [0.15, 0.2) is 0 Å². The number of thioether (sulfide) groups is 1. The van der Waals surface area contributed by atoms with Gasteiger partial charge in [-0.3, -0.25) is 4.79 Å². The van der Waals surface area contributed by atoms with E-state index in [2.05, 4.69) is 13.8 Å². The molecule has 0 aliphatic heterocycles. The molecule has 1 N–H and O–H groups in total. The van der Waals surface area contributed by atoms with E-state index in [0.29, 0.717) is 0 Å². The lowest BCUT2D eigenvalue weighted by atomic mass is 10.1. The first kappa shape index (κ1) is 16.8. The van der Waals surface area contributed by atoms with Crippen molar-refractivity contribution in [3.8, 4) is 0 Å². The molecule has 17 heavy (non-hydrogen) atoms. The molecule has 0 aromatic rings. The van der Waals surface area contributed by atoms with Crippen LogP contribution in [0.5, 0.6) is 0 Å². The molecule has 0 saturated heterocycles. The molecule has 0 saturated carbocycles. The van der Waals surface area contributed by atoms with E-state index < -0.39 is 5.97 Å². The van der Waals surface area contributed by atoms with Crippen molar-refractivity contribution in [2.75, 3.05) is 5.75 Å². The van der Waals surface area contributed by atoms with Crippen LogP contribution in [0.25, 0.3) is 0 Å². The lowest BCUT2D eigenvalue weighted by Gasteiger charge is -2.11. The summed E-state index contributed by atoms with van der Waals surface area (Å²) in [7, 11) is 0. The third kappa shape index (κ3) is 10.7. The number of aliphatic carboxylic acids is 1. The SMILES string of the molecule is CCCCCCCCSC(CCCC)C(=O)O. The lowest BCUT2D eigenvalue weighted by Crippen LogP contribution is -2.16. The fourth-order valence-corrected chi connectivity index (χ4v) is 2.91. The molecule has 0 spiro atoms. The second-order valence-electron chi connectivity index (χ2n) is 4.61. The van der Waals surface area contributed by atoms with E-state index in [0.717, 1.165) is 25.0 Å². The van der Waals surface area contributed by atoms with E-state index in [1.165, 1.54) is 38.5 Å². The van der Waals surface area contributed by atoms with E-state index >= 15 is 0 Å². The normalized spacial score (nSPS) is 12.6. The van der Waals surface area contributed by atoms with Crippen LogP contribution in [-0.2, 0) is 4.79 Å². The third-order valence-corrected chi connectivity index (χ3v) is 4.28. The average Bonchev–Trinajstić information content (AvgIpc) is 2.31. The minimum absolute atomic E-state index is 0.175. The Morgan fingerprint density at radius 1 is 1.00 bits per heavy atom. The molecule has 0 aliphatic rings. The minimum atomic E-state index is -0.630. The summed E-state index contributed by atoms with van der Waals surface area (Å²) >= 11 is 1.63. The highest BCUT2D eigenvalue weighted by atomic mass is 32.2. The molecule has 0 rings (SSSR count). The average molecular weight is 260 g/mol. The van der Waals surface area contributed by atoms with Crippen molar-refractivity contribution in [1.29, 1.82) is 0 Å². The molecule has 0 bridgehead atoms. The van der Waals surface area contributed by atoms with Crippen molar-refractivity contribution in [3.63, 3.8) is 0 Å². The van der Waals surface area contributed by atoms with Crippen LogP contribution < -0.4 is 0 Å². The van der Waals surface area contributed by atoms with Crippen molar-refractivity contribution >= 4 is 17.7 Å². The standard InChI is InChI=1S/C14H28O2S/c1-3-5-7-8-9-10-12-17-13(14(15)16)11-6-4-2/h13H,3-12H2,1-2H3,(H,15,16). The summed E-state index contributed by atoms with van der Waals surface area (Å²) in [4.78, 5) is 11.0. The summed E-state index contributed by atoms with van der Waals surface area (Å²) in [6.45, 7) is 4.33. The summed E-state index contributed by atoms with van der Waals surface area (Å²) in [6.07, 6.45) is 10.6. The zero-order valence-corrected chi connectivity index (χ0v) is 12.2. The second kappa shape index (κ2) is 12.3. The predicted octanol–water partition coefficient (Wildman–Crippen LogP) is 4.72. The second-order valence-corrected chi connectivity index (χ2v) is 5.92. The Morgan fingerprint density at radius 2 is 1.59 bits per heavy atom. The molecular weight excluding hydrogens is 232 g/mol. The van der Waals surface area contributed by atoms with Crippen LogP contribution in [-0.4, -0.2) is 22.1 Å². The van der Waals surface area contributed by atoms with Gasteiger partial charge in [0.15, 0.2) is 0 Å². The van der Waals surface area contributed by atoms with Gasteiger partial charge in [0.25, 0.3) is 0 Å². The van der Waals surface area contributed by atoms with Crippen LogP contribution in [0.1, 0.15) is 71.6 Å². The molecule has 102 valence electrons. The largest absolute Gasteiger partial charge is 0.480 e. The van der Waals surface area contributed by atoms with Crippen molar-refractivity contribution in [2.45, 2.75) is 76.9 Å². The summed E-state index contributed by atoms with van der Waals surface area (Å²) in [5, 5.41) is 8.88. The summed E-state index contributed by atoms with van der Waals surface area (Å²) in [5.74, 6) is 0.377. The van der Waals surface area contributed by atoms with Gasteiger partial charge in [0.2, 0.25) is 0 Å². The molecule has 0 radical (unpaired) electrons. The summed E-state index contributed by atoms with van der Waals surface area (Å²) in [5.41, 5.74) is 0. The van der Waals surface area contributed by atoms with Gasteiger partial charge < -0.3 is 5.11 Å². The van der Waals surface area contributed by atoms with Crippen LogP contribution in [0, 0.1) is 0 Å². The summed E-state index contributed by atoms with van der Waals surface area (Å²) in [6, 6.07) is 0. The van der Waals surface area contributed by atoms with Gasteiger partial charge in [0.05, 0.1) is 0 Å². The topological polar surface area (TPSA) is 37.3 Å². The first-order valence-electron chi connectivity index (χ1n) is 7.06. The Morgan fingerprint density at radius 3 is 2.18 bits per heavy atom. The van der Waals surface area contributed by atoms with Gasteiger partial charge in [-0.05, 0) is 18.6 Å².